The normalized spacial score (nSPS) is 27.3. The lowest BCUT2D eigenvalue weighted by atomic mass is 10.1. The maximum Gasteiger partial charge on any atom is 0.107 e. The van der Waals surface area contributed by atoms with Gasteiger partial charge in [0.25, 0.3) is 0 Å². The predicted molar refractivity (Wildman–Crippen MR) is 55.5 cm³/mol. The van der Waals surface area contributed by atoms with E-state index >= 15 is 0 Å². The average molecular weight is 186 g/mol. The van der Waals surface area contributed by atoms with Gasteiger partial charge in [0, 0.05) is 5.25 Å². The summed E-state index contributed by atoms with van der Waals surface area (Å²) in [4.78, 5) is 0. The van der Waals surface area contributed by atoms with Crippen LogP contribution in [0.15, 0.2) is 12.3 Å². The van der Waals surface area contributed by atoms with Crippen molar-refractivity contribution in [3.05, 3.63) is 12.3 Å². The third kappa shape index (κ3) is 3.10. The minimum absolute atomic E-state index is 0.381. The largest absolute Gasteiger partial charge is 0.498 e. The molecule has 1 rings (SSSR count). The summed E-state index contributed by atoms with van der Waals surface area (Å²) >= 11 is 2.06. The Labute approximate surface area is 79.6 Å². The molecule has 0 N–H and O–H groups in total. The van der Waals surface area contributed by atoms with Gasteiger partial charge < -0.3 is 4.74 Å². The van der Waals surface area contributed by atoms with Crippen molar-refractivity contribution >= 4 is 11.8 Å². The molecule has 0 amide bonds. The zero-order valence-corrected chi connectivity index (χ0v) is 8.77. The van der Waals surface area contributed by atoms with Crippen LogP contribution >= 0.6 is 11.8 Å². The average Bonchev–Trinajstić information content (AvgIpc) is 2.15. The van der Waals surface area contributed by atoms with Gasteiger partial charge in [-0.3, -0.25) is 0 Å². The van der Waals surface area contributed by atoms with Crippen LogP contribution in [-0.2, 0) is 4.74 Å². The fourth-order valence-corrected chi connectivity index (χ4v) is 2.77. The fraction of sp³-hybridized carbons (Fsp3) is 0.800. The van der Waals surface area contributed by atoms with Crippen molar-refractivity contribution in [2.24, 2.45) is 0 Å². The van der Waals surface area contributed by atoms with Crippen LogP contribution in [0.2, 0.25) is 0 Å². The van der Waals surface area contributed by atoms with Gasteiger partial charge in [0.15, 0.2) is 0 Å². The van der Waals surface area contributed by atoms with Crippen LogP contribution in [0.1, 0.15) is 33.1 Å². The smallest absolute Gasteiger partial charge is 0.107 e. The van der Waals surface area contributed by atoms with Gasteiger partial charge in [0.2, 0.25) is 0 Å². The van der Waals surface area contributed by atoms with E-state index in [0.29, 0.717) is 6.10 Å². The first-order chi connectivity index (χ1) is 5.84. The topological polar surface area (TPSA) is 9.23 Å². The zero-order chi connectivity index (χ0) is 8.81. The summed E-state index contributed by atoms with van der Waals surface area (Å²) in [5.41, 5.74) is 0. The molecule has 0 aromatic rings. The van der Waals surface area contributed by atoms with Crippen LogP contribution in [-0.4, -0.2) is 17.1 Å². The molecule has 70 valence electrons. The van der Waals surface area contributed by atoms with Gasteiger partial charge in [-0.25, -0.2) is 0 Å². The molecule has 0 aliphatic carbocycles. The van der Waals surface area contributed by atoms with Crippen LogP contribution in [0.3, 0.4) is 0 Å². The molecule has 0 aromatic heterocycles. The van der Waals surface area contributed by atoms with Crippen molar-refractivity contribution < 1.29 is 4.74 Å². The van der Waals surface area contributed by atoms with Crippen LogP contribution in [0.25, 0.3) is 0 Å². The Kier molecular flexibility index (Phi) is 4.59. The van der Waals surface area contributed by atoms with E-state index in [9.17, 15) is 0 Å². The molecule has 12 heavy (non-hydrogen) atoms. The van der Waals surface area contributed by atoms with Gasteiger partial charge >= 0.3 is 0 Å². The van der Waals surface area contributed by atoms with Gasteiger partial charge in [-0.2, -0.15) is 11.8 Å². The Balaban J connectivity index is 2.24. The van der Waals surface area contributed by atoms with E-state index in [1.54, 1.807) is 6.26 Å². The molecule has 2 heteroatoms. The first-order valence-corrected chi connectivity index (χ1v) is 5.77. The second-order valence-electron chi connectivity index (χ2n) is 3.22. The Morgan fingerprint density at radius 1 is 1.50 bits per heavy atom. The quantitative estimate of drug-likeness (QED) is 0.626. The van der Waals surface area contributed by atoms with Crippen LogP contribution < -0.4 is 0 Å². The highest BCUT2D eigenvalue weighted by Gasteiger charge is 2.20. The van der Waals surface area contributed by atoms with E-state index in [1.165, 1.54) is 25.0 Å². The van der Waals surface area contributed by atoms with E-state index in [4.69, 9.17) is 4.74 Å². The summed E-state index contributed by atoms with van der Waals surface area (Å²) in [5.74, 6) is 1.31. The molecule has 0 saturated carbocycles. The molecular formula is C10H18OS. The zero-order valence-electron chi connectivity index (χ0n) is 7.95. The molecule has 1 saturated heterocycles. The second kappa shape index (κ2) is 5.52. The van der Waals surface area contributed by atoms with Gasteiger partial charge in [-0.05, 0) is 32.4 Å². The maximum atomic E-state index is 5.53. The van der Waals surface area contributed by atoms with Crippen molar-refractivity contribution in [3.8, 4) is 0 Å². The number of allylic oxidation sites excluding steroid dienone is 1. The third-order valence-electron chi connectivity index (χ3n) is 2.17. The summed E-state index contributed by atoms with van der Waals surface area (Å²) in [6.45, 7) is 4.16. The highest BCUT2D eigenvalue weighted by molar-refractivity contribution is 8.00. The monoisotopic (exact) mass is 186 g/mol. The van der Waals surface area contributed by atoms with E-state index in [2.05, 4.69) is 18.7 Å². The van der Waals surface area contributed by atoms with Crippen LogP contribution in [0.4, 0.5) is 0 Å². The van der Waals surface area contributed by atoms with Crippen molar-refractivity contribution in [1.82, 2.24) is 0 Å². The molecule has 1 aliphatic rings. The van der Waals surface area contributed by atoms with E-state index < -0.39 is 0 Å². The SMILES string of the molecule is C/C=C/OC(C)C1CCCCS1. The lowest BCUT2D eigenvalue weighted by molar-refractivity contribution is 0.154. The molecule has 1 heterocycles. The van der Waals surface area contributed by atoms with Gasteiger partial charge in [-0.1, -0.05) is 12.5 Å². The first-order valence-electron chi connectivity index (χ1n) is 4.73. The molecule has 0 aromatic carbocycles. The van der Waals surface area contributed by atoms with E-state index in [-0.39, 0.29) is 0 Å². The lowest BCUT2D eigenvalue weighted by Gasteiger charge is -2.26. The summed E-state index contributed by atoms with van der Waals surface area (Å²) in [6, 6.07) is 0. The number of hydrogen-bond donors (Lipinski definition) is 0. The second-order valence-corrected chi connectivity index (χ2v) is 4.56. The van der Waals surface area contributed by atoms with Gasteiger partial charge in [-0.15, -0.1) is 0 Å². The van der Waals surface area contributed by atoms with Crippen LogP contribution in [0.5, 0.6) is 0 Å². The lowest BCUT2D eigenvalue weighted by Crippen LogP contribution is -2.24. The Morgan fingerprint density at radius 3 is 2.92 bits per heavy atom. The number of hydrogen-bond acceptors (Lipinski definition) is 2. The molecular weight excluding hydrogens is 168 g/mol. The summed E-state index contributed by atoms with van der Waals surface area (Å²) in [6.07, 6.45) is 8.22. The van der Waals surface area contributed by atoms with Gasteiger partial charge in [0.1, 0.15) is 6.10 Å². The Bertz CT molecular complexity index is 139. The highest BCUT2D eigenvalue weighted by Crippen LogP contribution is 2.28. The molecule has 1 fully saturated rings. The molecule has 1 nitrogen and oxygen atoms in total. The minimum atomic E-state index is 0.381. The third-order valence-corrected chi connectivity index (χ3v) is 3.74. The van der Waals surface area contributed by atoms with Crippen LogP contribution in [0, 0.1) is 0 Å². The Hall–Kier alpha value is -0.110. The number of ether oxygens (including phenoxy) is 1. The van der Waals surface area contributed by atoms with Crippen molar-refractivity contribution in [2.45, 2.75) is 44.5 Å². The van der Waals surface area contributed by atoms with Gasteiger partial charge in [0.05, 0.1) is 6.26 Å². The minimum Gasteiger partial charge on any atom is -0.498 e. The maximum absolute atomic E-state index is 5.53. The number of thioether (sulfide) groups is 1. The van der Waals surface area contributed by atoms with Crippen molar-refractivity contribution in [3.63, 3.8) is 0 Å². The predicted octanol–water partition coefficient (Wildman–Crippen LogP) is 3.21. The molecule has 0 bridgehead atoms. The van der Waals surface area contributed by atoms with E-state index in [1.807, 2.05) is 13.0 Å². The Morgan fingerprint density at radius 2 is 2.33 bits per heavy atom. The number of rotatable bonds is 3. The van der Waals surface area contributed by atoms with E-state index in [0.717, 1.165) is 5.25 Å². The standard InChI is InChI=1S/C10H18OS/c1-3-7-11-9(2)10-6-4-5-8-12-10/h3,7,9-10H,4-6,8H2,1-2H3/b7-3+. The highest BCUT2D eigenvalue weighted by atomic mass is 32.2. The molecule has 0 radical (unpaired) electrons. The summed E-state index contributed by atoms with van der Waals surface area (Å²) in [7, 11) is 0. The van der Waals surface area contributed by atoms with Crippen molar-refractivity contribution in [1.29, 1.82) is 0 Å². The summed E-state index contributed by atoms with van der Waals surface area (Å²) in [5, 5.41) is 0.718. The molecule has 0 spiro atoms. The fourth-order valence-electron chi connectivity index (χ4n) is 1.43. The first kappa shape index (κ1) is 9.97. The summed E-state index contributed by atoms with van der Waals surface area (Å²) < 4.78 is 5.53. The molecule has 1 aliphatic heterocycles. The molecule has 2 unspecified atom stereocenters. The molecule has 2 atom stereocenters. The van der Waals surface area contributed by atoms with Crippen molar-refractivity contribution in [2.75, 3.05) is 5.75 Å².